The molecule has 1 atom stereocenters. The summed E-state index contributed by atoms with van der Waals surface area (Å²) in [5.74, 6) is 0.365. The van der Waals surface area contributed by atoms with Gasteiger partial charge in [-0.3, -0.25) is 4.79 Å². The van der Waals surface area contributed by atoms with Crippen molar-refractivity contribution in [2.45, 2.75) is 30.7 Å². The third kappa shape index (κ3) is 4.79. The van der Waals surface area contributed by atoms with Crippen LogP contribution in [0.1, 0.15) is 29.5 Å². The molecule has 0 saturated carbocycles. The number of amides is 1. The highest BCUT2D eigenvalue weighted by Gasteiger charge is 2.25. The fourth-order valence-electron chi connectivity index (χ4n) is 2.28. The smallest absolute Gasteiger partial charge is 0.253 e. The molecule has 0 aliphatic rings. The van der Waals surface area contributed by atoms with Gasteiger partial charge in [-0.25, -0.2) is 12.7 Å². The quantitative estimate of drug-likeness (QED) is 0.744. The van der Waals surface area contributed by atoms with E-state index in [1.54, 1.807) is 12.3 Å². The maximum Gasteiger partial charge on any atom is 0.253 e. The van der Waals surface area contributed by atoms with Crippen molar-refractivity contribution >= 4 is 39.1 Å². The van der Waals surface area contributed by atoms with Crippen LogP contribution in [-0.2, 0) is 16.4 Å². The Morgan fingerprint density at radius 2 is 1.96 bits per heavy atom. The predicted octanol–water partition coefficient (Wildman–Crippen LogP) is 3.59. The summed E-state index contributed by atoms with van der Waals surface area (Å²) in [4.78, 5) is 12.4. The molecule has 0 aliphatic carbocycles. The average molecular weight is 419 g/mol. The number of halogens is 2. The molecule has 6 nitrogen and oxygen atoms in total. The van der Waals surface area contributed by atoms with Gasteiger partial charge in [-0.15, -0.1) is 0 Å². The van der Waals surface area contributed by atoms with Crippen molar-refractivity contribution in [3.63, 3.8) is 0 Å². The van der Waals surface area contributed by atoms with Crippen LogP contribution < -0.4 is 5.32 Å². The molecule has 2 rings (SSSR count). The van der Waals surface area contributed by atoms with Gasteiger partial charge in [0.25, 0.3) is 5.91 Å². The van der Waals surface area contributed by atoms with Crippen molar-refractivity contribution in [1.29, 1.82) is 0 Å². The molecule has 1 heterocycles. The molecule has 142 valence electrons. The molecule has 0 spiro atoms. The van der Waals surface area contributed by atoms with Crippen molar-refractivity contribution in [3.8, 4) is 0 Å². The first-order valence-electron chi connectivity index (χ1n) is 7.87. The number of nitrogens with zero attached hydrogens (tertiary/aromatic N) is 1. The van der Waals surface area contributed by atoms with Crippen molar-refractivity contribution in [2.75, 3.05) is 14.1 Å². The fraction of sp³-hybridized carbons (Fsp3) is 0.353. The molecular formula is C17H20Cl2N2O4S. The van der Waals surface area contributed by atoms with Crippen LogP contribution in [0.4, 0.5) is 0 Å². The lowest BCUT2D eigenvalue weighted by molar-refractivity contribution is 0.0938. The Morgan fingerprint density at radius 3 is 2.54 bits per heavy atom. The molecule has 1 aromatic heterocycles. The minimum Gasteiger partial charge on any atom is -0.469 e. The van der Waals surface area contributed by atoms with E-state index in [0.29, 0.717) is 12.8 Å². The van der Waals surface area contributed by atoms with E-state index in [9.17, 15) is 13.2 Å². The summed E-state index contributed by atoms with van der Waals surface area (Å²) in [6.07, 6.45) is 2.93. The minimum atomic E-state index is -3.80. The number of carbonyl (C=O) groups is 1. The molecule has 0 unspecified atom stereocenters. The van der Waals surface area contributed by atoms with Crippen LogP contribution in [0.25, 0.3) is 0 Å². The zero-order chi connectivity index (χ0) is 19.5. The Labute approximate surface area is 163 Å². The third-order valence-electron chi connectivity index (χ3n) is 3.81. The van der Waals surface area contributed by atoms with Crippen LogP contribution in [0.15, 0.2) is 39.8 Å². The number of furan rings is 1. The van der Waals surface area contributed by atoms with Crippen LogP contribution in [0.2, 0.25) is 10.0 Å². The van der Waals surface area contributed by atoms with Gasteiger partial charge >= 0.3 is 0 Å². The van der Waals surface area contributed by atoms with E-state index in [1.807, 2.05) is 13.0 Å². The van der Waals surface area contributed by atoms with E-state index in [1.165, 1.54) is 26.2 Å². The van der Waals surface area contributed by atoms with Gasteiger partial charge < -0.3 is 9.73 Å². The first kappa shape index (κ1) is 20.8. The van der Waals surface area contributed by atoms with Gasteiger partial charge in [0.1, 0.15) is 10.7 Å². The highest BCUT2D eigenvalue weighted by atomic mass is 35.5. The summed E-state index contributed by atoms with van der Waals surface area (Å²) in [5.41, 5.74) is 0.0568. The molecule has 1 aromatic carbocycles. The van der Waals surface area contributed by atoms with E-state index in [4.69, 9.17) is 27.6 Å². The summed E-state index contributed by atoms with van der Waals surface area (Å²) >= 11 is 12.1. The van der Waals surface area contributed by atoms with E-state index < -0.39 is 15.9 Å². The van der Waals surface area contributed by atoms with Gasteiger partial charge in [0, 0.05) is 26.6 Å². The summed E-state index contributed by atoms with van der Waals surface area (Å²) in [6.45, 7) is 1.85. The van der Waals surface area contributed by atoms with Crippen LogP contribution >= 0.6 is 23.2 Å². The van der Waals surface area contributed by atoms with E-state index in [0.717, 1.165) is 10.1 Å². The number of carbonyl (C=O) groups excluding carboxylic acids is 1. The van der Waals surface area contributed by atoms with Crippen LogP contribution in [0.3, 0.4) is 0 Å². The molecule has 0 bridgehead atoms. The second-order valence-electron chi connectivity index (χ2n) is 6.04. The van der Waals surface area contributed by atoms with Gasteiger partial charge in [-0.2, -0.15) is 0 Å². The maximum absolute atomic E-state index is 12.5. The molecule has 1 amide bonds. The van der Waals surface area contributed by atoms with Crippen molar-refractivity contribution in [3.05, 3.63) is 51.9 Å². The Hall–Kier alpha value is -1.54. The summed E-state index contributed by atoms with van der Waals surface area (Å²) in [5, 5.41) is 2.86. The third-order valence-corrected chi connectivity index (χ3v) is 6.40. The molecular weight excluding hydrogens is 399 g/mol. The monoisotopic (exact) mass is 418 g/mol. The highest BCUT2D eigenvalue weighted by Crippen LogP contribution is 2.30. The molecule has 0 fully saturated rings. The van der Waals surface area contributed by atoms with Gasteiger partial charge in [-0.05, 0) is 37.6 Å². The molecule has 1 N–H and O–H groups in total. The Morgan fingerprint density at radius 1 is 1.27 bits per heavy atom. The minimum absolute atomic E-state index is 0.0360. The number of sulfonamides is 1. The standard InChI is InChI=1S/C17H20Cl2N2O4S/c1-11(6-7-12-5-4-8-25-12)20-17(22)13-9-16(15(19)10-14(13)18)26(23,24)21(2)3/h4-5,8-11H,6-7H2,1-3H3,(H,20,22)/t11-/m1/s1. The summed E-state index contributed by atoms with van der Waals surface area (Å²) in [7, 11) is -1.03. The summed E-state index contributed by atoms with van der Waals surface area (Å²) < 4.78 is 31.0. The van der Waals surface area contributed by atoms with Crippen molar-refractivity contribution < 1.29 is 17.6 Å². The molecule has 0 aliphatic heterocycles. The molecule has 0 radical (unpaired) electrons. The lowest BCUT2D eigenvalue weighted by atomic mass is 10.1. The van der Waals surface area contributed by atoms with E-state index in [-0.39, 0.29) is 26.5 Å². The zero-order valence-corrected chi connectivity index (χ0v) is 17.0. The molecule has 9 heteroatoms. The average Bonchev–Trinajstić information content (AvgIpc) is 3.05. The fourth-order valence-corrected chi connectivity index (χ4v) is 4.01. The summed E-state index contributed by atoms with van der Waals surface area (Å²) in [6, 6.07) is 5.98. The van der Waals surface area contributed by atoms with Gasteiger partial charge in [0.15, 0.2) is 0 Å². The first-order chi connectivity index (χ1) is 12.1. The number of hydrogen-bond acceptors (Lipinski definition) is 4. The van der Waals surface area contributed by atoms with Gasteiger partial charge in [0.2, 0.25) is 10.0 Å². The van der Waals surface area contributed by atoms with Crippen molar-refractivity contribution in [2.24, 2.45) is 0 Å². The van der Waals surface area contributed by atoms with E-state index in [2.05, 4.69) is 5.32 Å². The lowest BCUT2D eigenvalue weighted by Crippen LogP contribution is -2.33. The lowest BCUT2D eigenvalue weighted by Gasteiger charge is -2.17. The van der Waals surface area contributed by atoms with Gasteiger partial charge in [-0.1, -0.05) is 23.2 Å². The second kappa shape index (κ2) is 8.43. The number of hydrogen-bond donors (Lipinski definition) is 1. The number of aryl methyl sites for hydroxylation is 1. The van der Waals surface area contributed by atoms with E-state index >= 15 is 0 Å². The largest absolute Gasteiger partial charge is 0.469 e. The van der Waals surface area contributed by atoms with Crippen LogP contribution in [0, 0.1) is 0 Å². The topological polar surface area (TPSA) is 79.6 Å². The van der Waals surface area contributed by atoms with Gasteiger partial charge in [0.05, 0.1) is 21.9 Å². The normalized spacial score (nSPS) is 13.0. The highest BCUT2D eigenvalue weighted by molar-refractivity contribution is 7.89. The second-order valence-corrected chi connectivity index (χ2v) is 8.98. The van der Waals surface area contributed by atoms with Crippen LogP contribution in [-0.4, -0.2) is 38.8 Å². The zero-order valence-electron chi connectivity index (χ0n) is 14.6. The predicted molar refractivity (Wildman–Crippen MR) is 101 cm³/mol. The number of benzene rings is 1. The Balaban J connectivity index is 2.17. The molecule has 26 heavy (non-hydrogen) atoms. The first-order valence-corrected chi connectivity index (χ1v) is 10.1. The molecule has 0 saturated heterocycles. The number of nitrogens with one attached hydrogen (secondary N) is 1. The van der Waals surface area contributed by atoms with Crippen molar-refractivity contribution in [1.82, 2.24) is 9.62 Å². The van der Waals surface area contributed by atoms with Crippen LogP contribution in [0.5, 0.6) is 0 Å². The SMILES string of the molecule is C[C@H](CCc1ccco1)NC(=O)c1cc(S(=O)(=O)N(C)C)c(Cl)cc1Cl. The Kier molecular flexibility index (Phi) is 6.74. The maximum atomic E-state index is 12.5. The number of rotatable bonds is 7. The molecule has 2 aromatic rings. The Bertz CT molecular complexity index is 880.